The fraction of sp³-hybridized carbons (Fsp3) is 0.375. The fourth-order valence-electron chi connectivity index (χ4n) is 3.07. The van der Waals surface area contributed by atoms with Gasteiger partial charge >= 0.3 is 0 Å². The van der Waals surface area contributed by atoms with E-state index in [0.29, 0.717) is 18.8 Å². The Hall–Kier alpha value is -2.20. The van der Waals surface area contributed by atoms with E-state index in [0.717, 1.165) is 21.8 Å². The van der Waals surface area contributed by atoms with Gasteiger partial charge in [-0.15, -0.1) is 11.8 Å². The van der Waals surface area contributed by atoms with Crippen LogP contribution in [-0.4, -0.2) is 25.3 Å². The average Bonchev–Trinajstić information content (AvgIpc) is 2.69. The molecule has 150 valence electrons. The van der Waals surface area contributed by atoms with E-state index >= 15 is 0 Å². The van der Waals surface area contributed by atoms with E-state index in [1.54, 1.807) is 25.8 Å². The summed E-state index contributed by atoms with van der Waals surface area (Å²) in [5, 5.41) is 2.34. The maximum atomic E-state index is 11.6. The first-order chi connectivity index (χ1) is 13.3. The lowest BCUT2D eigenvalue weighted by Gasteiger charge is -2.21. The molecule has 0 aromatic heterocycles. The van der Waals surface area contributed by atoms with Gasteiger partial charge in [-0.05, 0) is 47.2 Å². The van der Waals surface area contributed by atoms with Crippen molar-refractivity contribution in [2.24, 2.45) is 5.92 Å². The van der Waals surface area contributed by atoms with Crippen molar-refractivity contribution in [3.05, 3.63) is 65.8 Å². The van der Waals surface area contributed by atoms with E-state index in [-0.39, 0.29) is 17.6 Å². The summed E-state index contributed by atoms with van der Waals surface area (Å²) in [6.45, 7) is 14.6. The highest BCUT2D eigenvalue weighted by atomic mass is 32.2. The number of ether oxygens (including phenoxy) is 2. The first kappa shape index (κ1) is 22.1. The molecule has 0 amide bonds. The topological polar surface area (TPSA) is 35.5 Å². The van der Waals surface area contributed by atoms with Crippen LogP contribution < -0.4 is 4.74 Å². The standard InChI is InChI=1S/C24H30O3S/c1-7-27-18(4)23(12-16(2)25)15-28-19(5)17(3)20-8-9-22-14-24(26-6)11-10-21(22)13-20/h8-11,13-14,17,23H,4-5,7,12,15H2,1-3,6H3. The minimum Gasteiger partial charge on any atom is -0.499 e. The molecule has 0 N–H and O–H groups in total. The van der Waals surface area contributed by atoms with E-state index in [2.05, 4.69) is 44.3 Å². The van der Waals surface area contributed by atoms with Gasteiger partial charge in [0.15, 0.2) is 0 Å². The van der Waals surface area contributed by atoms with Crippen LogP contribution in [-0.2, 0) is 9.53 Å². The Labute approximate surface area is 172 Å². The molecule has 2 aromatic rings. The third kappa shape index (κ3) is 5.90. The number of thioether (sulfide) groups is 1. The van der Waals surface area contributed by atoms with Gasteiger partial charge in [0.2, 0.25) is 0 Å². The molecule has 2 atom stereocenters. The van der Waals surface area contributed by atoms with Crippen molar-refractivity contribution in [1.29, 1.82) is 0 Å². The maximum Gasteiger partial charge on any atom is 0.130 e. The number of carbonyl (C=O) groups excluding carboxylic acids is 1. The molecule has 2 aromatic carbocycles. The van der Waals surface area contributed by atoms with Crippen LogP contribution in [0.5, 0.6) is 5.75 Å². The largest absolute Gasteiger partial charge is 0.499 e. The van der Waals surface area contributed by atoms with Crippen molar-refractivity contribution in [2.75, 3.05) is 19.5 Å². The van der Waals surface area contributed by atoms with Crippen molar-refractivity contribution < 1.29 is 14.3 Å². The quantitative estimate of drug-likeness (QED) is 0.414. The number of allylic oxidation sites excluding steroid dienone is 2. The first-order valence-electron chi connectivity index (χ1n) is 9.56. The lowest BCUT2D eigenvalue weighted by atomic mass is 9.97. The SMILES string of the molecule is C=C(OCC)C(CSC(=C)C(C)c1ccc2cc(OC)ccc2c1)CC(C)=O. The molecule has 0 saturated carbocycles. The summed E-state index contributed by atoms with van der Waals surface area (Å²) in [5.74, 6) is 2.65. The van der Waals surface area contributed by atoms with Gasteiger partial charge < -0.3 is 14.3 Å². The minimum atomic E-state index is 0.00969. The minimum absolute atomic E-state index is 0.00969. The third-order valence-corrected chi connectivity index (χ3v) is 6.14. The van der Waals surface area contributed by atoms with Crippen molar-refractivity contribution in [3.8, 4) is 5.75 Å². The van der Waals surface area contributed by atoms with Crippen molar-refractivity contribution in [2.45, 2.75) is 33.1 Å². The highest BCUT2D eigenvalue weighted by Gasteiger charge is 2.19. The number of rotatable bonds is 11. The number of ketones is 1. The smallest absolute Gasteiger partial charge is 0.130 e. The second-order valence-electron chi connectivity index (χ2n) is 6.97. The molecule has 0 fully saturated rings. The fourth-order valence-corrected chi connectivity index (χ4v) is 4.18. The molecule has 0 aliphatic carbocycles. The molecule has 2 unspecified atom stereocenters. The van der Waals surface area contributed by atoms with Crippen LogP contribution in [0, 0.1) is 5.92 Å². The second kappa shape index (κ2) is 10.4. The molecule has 28 heavy (non-hydrogen) atoms. The van der Waals surface area contributed by atoms with Crippen molar-refractivity contribution in [1.82, 2.24) is 0 Å². The molecule has 0 bridgehead atoms. The molecule has 0 aliphatic heterocycles. The average molecular weight is 399 g/mol. The number of Topliss-reactive ketones (excluding diaryl/α,β-unsaturated/α-hetero) is 1. The Kier molecular flexibility index (Phi) is 8.18. The van der Waals surface area contributed by atoms with Gasteiger partial charge in [0, 0.05) is 24.0 Å². The van der Waals surface area contributed by atoms with E-state index in [1.165, 1.54) is 10.9 Å². The van der Waals surface area contributed by atoms with Gasteiger partial charge in [-0.2, -0.15) is 0 Å². The zero-order chi connectivity index (χ0) is 20.7. The summed E-state index contributed by atoms with van der Waals surface area (Å²) in [4.78, 5) is 12.7. The van der Waals surface area contributed by atoms with E-state index in [9.17, 15) is 4.79 Å². The summed E-state index contributed by atoms with van der Waals surface area (Å²) in [7, 11) is 1.68. The van der Waals surface area contributed by atoms with Gasteiger partial charge in [-0.25, -0.2) is 0 Å². The van der Waals surface area contributed by atoms with Crippen LogP contribution >= 0.6 is 11.8 Å². The van der Waals surface area contributed by atoms with Crippen molar-refractivity contribution >= 4 is 28.3 Å². The van der Waals surface area contributed by atoms with Gasteiger partial charge in [0.05, 0.1) is 19.5 Å². The Morgan fingerprint density at radius 2 is 1.82 bits per heavy atom. The lowest BCUT2D eigenvalue weighted by molar-refractivity contribution is -0.117. The molecule has 2 rings (SSSR count). The molecule has 0 saturated heterocycles. The van der Waals surface area contributed by atoms with Crippen LogP contribution in [0.25, 0.3) is 10.8 Å². The summed E-state index contributed by atoms with van der Waals surface area (Å²) < 4.78 is 10.8. The summed E-state index contributed by atoms with van der Waals surface area (Å²) in [6, 6.07) is 12.6. The lowest BCUT2D eigenvalue weighted by Crippen LogP contribution is -2.14. The molecule has 0 heterocycles. The number of benzene rings is 2. The maximum absolute atomic E-state index is 11.6. The molecule has 4 heteroatoms. The van der Waals surface area contributed by atoms with E-state index in [4.69, 9.17) is 9.47 Å². The van der Waals surface area contributed by atoms with E-state index in [1.807, 2.05) is 19.1 Å². The zero-order valence-corrected chi connectivity index (χ0v) is 18.1. The molecule has 0 aliphatic rings. The zero-order valence-electron chi connectivity index (χ0n) is 17.3. The van der Waals surface area contributed by atoms with Gasteiger partial charge in [-0.3, -0.25) is 0 Å². The highest BCUT2D eigenvalue weighted by Crippen LogP contribution is 2.35. The normalized spacial score (nSPS) is 13.0. The van der Waals surface area contributed by atoms with Crippen LogP contribution in [0.3, 0.4) is 0 Å². The molecule has 3 nitrogen and oxygen atoms in total. The Morgan fingerprint density at radius 1 is 1.14 bits per heavy atom. The number of methoxy groups -OCH3 is 1. The summed E-state index contributed by atoms with van der Waals surface area (Å²) in [6.07, 6.45) is 0.450. The Balaban J connectivity index is 2.07. The van der Waals surface area contributed by atoms with Gasteiger partial charge in [0.1, 0.15) is 11.5 Å². The van der Waals surface area contributed by atoms with Crippen LogP contribution in [0.2, 0.25) is 0 Å². The highest BCUT2D eigenvalue weighted by molar-refractivity contribution is 8.03. The summed E-state index contributed by atoms with van der Waals surface area (Å²) >= 11 is 1.69. The number of hydrogen-bond donors (Lipinski definition) is 0. The molecular weight excluding hydrogens is 368 g/mol. The molecule has 0 radical (unpaired) electrons. The summed E-state index contributed by atoms with van der Waals surface area (Å²) in [5.41, 5.74) is 1.22. The van der Waals surface area contributed by atoms with E-state index < -0.39 is 0 Å². The number of hydrogen-bond acceptors (Lipinski definition) is 4. The van der Waals surface area contributed by atoms with Crippen molar-refractivity contribution in [3.63, 3.8) is 0 Å². The predicted octanol–water partition coefficient (Wildman–Crippen LogP) is 6.34. The monoisotopic (exact) mass is 398 g/mol. The number of carbonyl (C=O) groups is 1. The molecule has 0 spiro atoms. The first-order valence-corrected chi connectivity index (χ1v) is 10.5. The van der Waals surface area contributed by atoms with Crippen LogP contribution in [0.1, 0.15) is 38.7 Å². The van der Waals surface area contributed by atoms with Crippen LogP contribution in [0.15, 0.2) is 60.2 Å². The number of fused-ring (bicyclic) bond motifs is 1. The Bertz CT molecular complexity index is 856. The Morgan fingerprint density at radius 3 is 2.46 bits per heavy atom. The predicted molar refractivity (Wildman–Crippen MR) is 120 cm³/mol. The van der Waals surface area contributed by atoms with Crippen LogP contribution in [0.4, 0.5) is 0 Å². The molecular formula is C24H30O3S. The third-order valence-electron chi connectivity index (χ3n) is 4.84. The van der Waals surface area contributed by atoms with Gasteiger partial charge in [0.25, 0.3) is 0 Å². The second-order valence-corrected chi connectivity index (χ2v) is 8.12. The van der Waals surface area contributed by atoms with Gasteiger partial charge in [-0.1, -0.05) is 44.3 Å².